The van der Waals surface area contributed by atoms with E-state index in [1.807, 2.05) is 0 Å². The lowest BCUT2D eigenvalue weighted by Gasteiger charge is -2.37. The molecule has 0 unspecified atom stereocenters. The standard InChI is InChI=1S/C19H32N4/c1-17(2)22-14-10-21(11-15-22)16-18-4-6-19(7-5-18)23-12-8-20(3)9-13-23/h4-7,17H,8-16H2,1-3H3. The Hall–Kier alpha value is -1.10. The maximum atomic E-state index is 2.59. The van der Waals surface area contributed by atoms with E-state index in [9.17, 15) is 0 Å². The van der Waals surface area contributed by atoms with Gasteiger partial charge in [0.1, 0.15) is 0 Å². The average Bonchev–Trinajstić information content (AvgIpc) is 2.57. The van der Waals surface area contributed by atoms with Crippen molar-refractivity contribution in [2.75, 3.05) is 64.3 Å². The van der Waals surface area contributed by atoms with Crippen LogP contribution in [0, 0.1) is 0 Å². The second-order valence-electron chi connectivity index (χ2n) is 7.36. The van der Waals surface area contributed by atoms with Gasteiger partial charge in [0.2, 0.25) is 0 Å². The normalized spacial score (nSPS) is 22.0. The monoisotopic (exact) mass is 316 g/mol. The van der Waals surface area contributed by atoms with Gasteiger partial charge in [-0.15, -0.1) is 0 Å². The quantitative estimate of drug-likeness (QED) is 0.842. The lowest BCUT2D eigenvalue weighted by Crippen LogP contribution is -2.48. The summed E-state index contributed by atoms with van der Waals surface area (Å²) in [5, 5.41) is 0. The Bertz CT molecular complexity index is 469. The number of benzene rings is 1. The topological polar surface area (TPSA) is 13.0 Å². The Kier molecular flexibility index (Phi) is 5.57. The van der Waals surface area contributed by atoms with Crippen molar-refractivity contribution in [2.24, 2.45) is 0 Å². The molecule has 23 heavy (non-hydrogen) atoms. The van der Waals surface area contributed by atoms with E-state index in [2.05, 4.69) is 64.8 Å². The minimum absolute atomic E-state index is 0.681. The highest BCUT2D eigenvalue weighted by Gasteiger charge is 2.19. The molecule has 2 heterocycles. The van der Waals surface area contributed by atoms with Crippen LogP contribution in [-0.2, 0) is 6.54 Å². The first-order valence-electron chi connectivity index (χ1n) is 9.10. The molecule has 0 amide bonds. The molecule has 2 saturated heterocycles. The molecule has 3 rings (SSSR count). The zero-order valence-corrected chi connectivity index (χ0v) is 15.0. The van der Waals surface area contributed by atoms with Gasteiger partial charge in [-0.25, -0.2) is 0 Å². The molecule has 2 aliphatic rings. The van der Waals surface area contributed by atoms with E-state index in [4.69, 9.17) is 0 Å². The van der Waals surface area contributed by atoms with Gasteiger partial charge < -0.3 is 9.80 Å². The van der Waals surface area contributed by atoms with E-state index in [1.54, 1.807) is 0 Å². The lowest BCUT2D eigenvalue weighted by molar-refractivity contribution is 0.104. The van der Waals surface area contributed by atoms with E-state index in [1.165, 1.54) is 50.5 Å². The van der Waals surface area contributed by atoms with Gasteiger partial charge in [-0.2, -0.15) is 0 Å². The zero-order chi connectivity index (χ0) is 16.2. The molecule has 4 heteroatoms. The van der Waals surface area contributed by atoms with E-state index >= 15 is 0 Å². The van der Waals surface area contributed by atoms with E-state index in [0.29, 0.717) is 6.04 Å². The lowest BCUT2D eigenvalue weighted by atomic mass is 10.1. The molecule has 2 fully saturated rings. The highest BCUT2D eigenvalue weighted by Crippen LogP contribution is 2.18. The first kappa shape index (κ1) is 16.7. The summed E-state index contributed by atoms with van der Waals surface area (Å²) < 4.78 is 0. The largest absolute Gasteiger partial charge is 0.369 e. The van der Waals surface area contributed by atoms with Crippen LogP contribution in [0.3, 0.4) is 0 Å². The van der Waals surface area contributed by atoms with Crippen molar-refractivity contribution in [3.63, 3.8) is 0 Å². The molecule has 1 aromatic rings. The minimum Gasteiger partial charge on any atom is -0.369 e. The van der Waals surface area contributed by atoms with Gasteiger partial charge in [0.25, 0.3) is 0 Å². The molecule has 2 aliphatic heterocycles. The van der Waals surface area contributed by atoms with E-state index < -0.39 is 0 Å². The summed E-state index contributed by atoms with van der Waals surface area (Å²) in [7, 11) is 2.21. The molecule has 1 aromatic carbocycles. The molecule has 0 radical (unpaired) electrons. The van der Waals surface area contributed by atoms with Crippen LogP contribution in [0.4, 0.5) is 5.69 Å². The Balaban J connectivity index is 1.50. The Labute approximate surface area is 141 Å². The molecule has 4 nitrogen and oxygen atoms in total. The predicted octanol–water partition coefficient (Wildman–Crippen LogP) is 1.96. The minimum atomic E-state index is 0.681. The summed E-state index contributed by atoms with van der Waals surface area (Å²) in [4.78, 5) is 10.1. The first-order chi connectivity index (χ1) is 11.1. The molecule has 0 bridgehead atoms. The fourth-order valence-corrected chi connectivity index (χ4v) is 3.57. The van der Waals surface area contributed by atoms with Crippen molar-refractivity contribution in [3.8, 4) is 0 Å². The van der Waals surface area contributed by atoms with Crippen LogP contribution in [-0.4, -0.2) is 80.1 Å². The third-order valence-electron chi connectivity index (χ3n) is 5.35. The maximum absolute atomic E-state index is 2.59. The predicted molar refractivity (Wildman–Crippen MR) is 98.1 cm³/mol. The first-order valence-corrected chi connectivity index (χ1v) is 9.10. The summed E-state index contributed by atoms with van der Waals surface area (Å²) in [5.41, 5.74) is 2.83. The SMILES string of the molecule is CC(C)N1CCN(Cc2ccc(N3CCN(C)CC3)cc2)CC1. The van der Waals surface area contributed by atoms with Gasteiger partial charge in [0.15, 0.2) is 0 Å². The van der Waals surface area contributed by atoms with Crippen LogP contribution in [0.5, 0.6) is 0 Å². The van der Waals surface area contributed by atoms with Crippen molar-refractivity contribution in [3.05, 3.63) is 29.8 Å². The Morgan fingerprint density at radius 2 is 1.43 bits per heavy atom. The number of hydrogen-bond donors (Lipinski definition) is 0. The maximum Gasteiger partial charge on any atom is 0.0367 e. The van der Waals surface area contributed by atoms with Crippen molar-refractivity contribution in [1.29, 1.82) is 0 Å². The number of likely N-dealkylation sites (N-methyl/N-ethyl adjacent to an activating group) is 1. The zero-order valence-electron chi connectivity index (χ0n) is 15.0. The van der Waals surface area contributed by atoms with E-state index in [-0.39, 0.29) is 0 Å². The van der Waals surface area contributed by atoms with Gasteiger partial charge in [-0.1, -0.05) is 12.1 Å². The summed E-state index contributed by atoms with van der Waals surface area (Å²) in [6, 6.07) is 9.95. The van der Waals surface area contributed by atoms with E-state index in [0.717, 1.165) is 19.6 Å². The van der Waals surface area contributed by atoms with Crippen molar-refractivity contribution in [1.82, 2.24) is 14.7 Å². The number of anilines is 1. The Morgan fingerprint density at radius 3 is 2.00 bits per heavy atom. The number of piperazine rings is 2. The summed E-state index contributed by atoms with van der Waals surface area (Å²) in [5.74, 6) is 0. The van der Waals surface area contributed by atoms with Gasteiger partial charge in [0, 0.05) is 70.6 Å². The third-order valence-corrected chi connectivity index (χ3v) is 5.35. The molecular formula is C19H32N4. The van der Waals surface area contributed by atoms with Crippen LogP contribution in [0.15, 0.2) is 24.3 Å². The van der Waals surface area contributed by atoms with Gasteiger partial charge in [-0.3, -0.25) is 9.80 Å². The molecule has 0 aliphatic carbocycles. The fraction of sp³-hybridized carbons (Fsp3) is 0.684. The highest BCUT2D eigenvalue weighted by molar-refractivity contribution is 5.48. The van der Waals surface area contributed by atoms with Gasteiger partial charge in [0.05, 0.1) is 0 Å². The second-order valence-corrected chi connectivity index (χ2v) is 7.36. The number of hydrogen-bond acceptors (Lipinski definition) is 4. The molecule has 0 saturated carbocycles. The summed E-state index contributed by atoms with van der Waals surface area (Å²) in [6.45, 7) is 15.1. The van der Waals surface area contributed by atoms with Crippen molar-refractivity contribution >= 4 is 5.69 Å². The third kappa shape index (κ3) is 4.46. The second kappa shape index (κ2) is 7.65. The van der Waals surface area contributed by atoms with Gasteiger partial charge in [-0.05, 0) is 38.6 Å². The molecular weight excluding hydrogens is 284 g/mol. The molecule has 0 aromatic heterocycles. The molecule has 0 N–H and O–H groups in total. The van der Waals surface area contributed by atoms with Crippen LogP contribution in [0.1, 0.15) is 19.4 Å². The van der Waals surface area contributed by atoms with Gasteiger partial charge >= 0.3 is 0 Å². The van der Waals surface area contributed by atoms with Crippen molar-refractivity contribution < 1.29 is 0 Å². The summed E-state index contributed by atoms with van der Waals surface area (Å²) >= 11 is 0. The van der Waals surface area contributed by atoms with Crippen LogP contribution in [0.25, 0.3) is 0 Å². The average molecular weight is 316 g/mol. The number of nitrogens with zero attached hydrogens (tertiary/aromatic N) is 4. The van der Waals surface area contributed by atoms with Crippen LogP contribution >= 0.6 is 0 Å². The highest BCUT2D eigenvalue weighted by atomic mass is 15.3. The summed E-state index contributed by atoms with van der Waals surface area (Å²) in [6.07, 6.45) is 0. The smallest absolute Gasteiger partial charge is 0.0367 e. The molecule has 0 spiro atoms. The van der Waals surface area contributed by atoms with Crippen LogP contribution in [0.2, 0.25) is 0 Å². The fourth-order valence-electron chi connectivity index (χ4n) is 3.57. The Morgan fingerprint density at radius 1 is 0.826 bits per heavy atom. The van der Waals surface area contributed by atoms with Crippen molar-refractivity contribution in [2.45, 2.75) is 26.4 Å². The molecule has 0 atom stereocenters. The van der Waals surface area contributed by atoms with Crippen LogP contribution < -0.4 is 4.90 Å². The molecule has 128 valence electrons. The number of rotatable bonds is 4.